The molecule has 0 aliphatic heterocycles. The third-order valence-electron chi connectivity index (χ3n) is 2.17. The van der Waals surface area contributed by atoms with Crippen LogP contribution in [0.3, 0.4) is 0 Å². The number of thiocarbonyl (C=S) groups is 1. The number of nitrogens with two attached hydrogens (primary N) is 1. The topological polar surface area (TPSA) is 55.1 Å². The van der Waals surface area contributed by atoms with E-state index >= 15 is 0 Å². The van der Waals surface area contributed by atoms with E-state index in [4.69, 9.17) is 18.0 Å². The van der Waals surface area contributed by atoms with Crippen LogP contribution in [0.2, 0.25) is 0 Å². The van der Waals surface area contributed by atoms with E-state index in [-0.39, 0.29) is 23.9 Å². The maximum atomic E-state index is 11.8. The van der Waals surface area contributed by atoms with Gasteiger partial charge in [0, 0.05) is 13.0 Å². The van der Waals surface area contributed by atoms with Gasteiger partial charge in [-0.3, -0.25) is 4.79 Å². The van der Waals surface area contributed by atoms with E-state index in [9.17, 15) is 18.0 Å². The molecule has 1 atom stereocenters. The quantitative estimate of drug-likeness (QED) is 0.550. The molecule has 0 saturated carbocycles. The molecule has 0 aliphatic carbocycles. The van der Waals surface area contributed by atoms with E-state index in [1.165, 1.54) is 0 Å². The number of nitrogens with one attached hydrogen (secondary N) is 1. The summed E-state index contributed by atoms with van der Waals surface area (Å²) in [7, 11) is 0. The molecule has 17 heavy (non-hydrogen) atoms. The van der Waals surface area contributed by atoms with Gasteiger partial charge in [-0.15, -0.1) is 0 Å². The lowest BCUT2D eigenvalue weighted by Gasteiger charge is -2.14. The highest BCUT2D eigenvalue weighted by Crippen LogP contribution is 2.20. The molecule has 0 fully saturated rings. The lowest BCUT2D eigenvalue weighted by molar-refractivity contribution is -0.136. The van der Waals surface area contributed by atoms with Crippen molar-refractivity contribution in [1.29, 1.82) is 0 Å². The predicted octanol–water partition coefficient (Wildman–Crippen LogP) is 2.15. The zero-order valence-corrected chi connectivity index (χ0v) is 10.5. The van der Waals surface area contributed by atoms with E-state index in [0.717, 1.165) is 6.42 Å². The van der Waals surface area contributed by atoms with Gasteiger partial charge in [0.1, 0.15) is 0 Å². The standard InChI is InChI=1S/C10H17F3N2OS/c1-2-4-7(8(14)17)9(16)15-6-3-5-10(11,12)13/h7H,2-6H2,1H3,(H2,14,17)(H,15,16). The van der Waals surface area contributed by atoms with Gasteiger partial charge in [-0.05, 0) is 12.8 Å². The summed E-state index contributed by atoms with van der Waals surface area (Å²) in [5.41, 5.74) is 5.39. The number of hydrogen-bond donors (Lipinski definition) is 2. The molecule has 0 aromatic rings. The lowest BCUT2D eigenvalue weighted by atomic mass is 10.0. The molecule has 0 aliphatic rings. The van der Waals surface area contributed by atoms with E-state index in [1.807, 2.05) is 6.92 Å². The molecule has 0 bridgehead atoms. The van der Waals surface area contributed by atoms with Crippen molar-refractivity contribution >= 4 is 23.1 Å². The molecule has 0 saturated heterocycles. The van der Waals surface area contributed by atoms with Gasteiger partial charge >= 0.3 is 6.18 Å². The molecule has 3 nitrogen and oxygen atoms in total. The molecular weight excluding hydrogens is 253 g/mol. The second kappa shape index (κ2) is 7.47. The van der Waals surface area contributed by atoms with Crippen molar-refractivity contribution in [3.63, 3.8) is 0 Å². The fourth-order valence-electron chi connectivity index (χ4n) is 1.31. The van der Waals surface area contributed by atoms with Crippen LogP contribution in [0.5, 0.6) is 0 Å². The summed E-state index contributed by atoms with van der Waals surface area (Å²) in [4.78, 5) is 11.6. The minimum Gasteiger partial charge on any atom is -0.393 e. The smallest absolute Gasteiger partial charge is 0.389 e. The second-order valence-electron chi connectivity index (χ2n) is 3.75. The van der Waals surface area contributed by atoms with E-state index in [2.05, 4.69) is 5.32 Å². The van der Waals surface area contributed by atoms with Crippen molar-refractivity contribution in [2.45, 2.75) is 38.8 Å². The minimum atomic E-state index is -4.18. The van der Waals surface area contributed by atoms with Crippen LogP contribution < -0.4 is 11.1 Å². The van der Waals surface area contributed by atoms with E-state index < -0.39 is 18.5 Å². The highest BCUT2D eigenvalue weighted by molar-refractivity contribution is 7.80. The Morgan fingerprint density at radius 1 is 1.47 bits per heavy atom. The molecule has 0 aromatic heterocycles. The number of rotatable bonds is 7. The zero-order chi connectivity index (χ0) is 13.5. The highest BCUT2D eigenvalue weighted by atomic mass is 32.1. The minimum absolute atomic E-state index is 0.0127. The van der Waals surface area contributed by atoms with Gasteiger partial charge in [-0.2, -0.15) is 13.2 Å². The van der Waals surface area contributed by atoms with Gasteiger partial charge in [0.05, 0.1) is 10.9 Å². The van der Waals surface area contributed by atoms with Gasteiger partial charge in [0.15, 0.2) is 0 Å². The van der Waals surface area contributed by atoms with Crippen LogP contribution in [0.25, 0.3) is 0 Å². The zero-order valence-electron chi connectivity index (χ0n) is 9.64. The summed E-state index contributed by atoms with van der Waals surface area (Å²) < 4.78 is 35.5. The Morgan fingerprint density at radius 3 is 2.47 bits per heavy atom. The third-order valence-corrected chi connectivity index (χ3v) is 2.46. The van der Waals surface area contributed by atoms with Crippen LogP contribution in [0.4, 0.5) is 13.2 Å². The first-order valence-electron chi connectivity index (χ1n) is 5.41. The van der Waals surface area contributed by atoms with Crippen LogP contribution in [-0.4, -0.2) is 23.6 Å². The van der Waals surface area contributed by atoms with Gasteiger partial charge in [-0.25, -0.2) is 0 Å². The largest absolute Gasteiger partial charge is 0.393 e. The summed E-state index contributed by atoms with van der Waals surface area (Å²) in [6.07, 6.45) is -3.97. The predicted molar refractivity (Wildman–Crippen MR) is 63.5 cm³/mol. The molecule has 7 heteroatoms. The van der Waals surface area contributed by atoms with Crippen molar-refractivity contribution in [3.8, 4) is 0 Å². The Balaban J connectivity index is 3.95. The number of halogens is 3. The van der Waals surface area contributed by atoms with Crippen molar-refractivity contribution in [3.05, 3.63) is 0 Å². The molecule has 1 unspecified atom stereocenters. The van der Waals surface area contributed by atoms with Crippen LogP contribution in [0, 0.1) is 5.92 Å². The van der Waals surface area contributed by atoms with E-state index in [1.54, 1.807) is 0 Å². The summed E-state index contributed by atoms with van der Waals surface area (Å²) in [6.45, 7) is 1.86. The highest BCUT2D eigenvalue weighted by Gasteiger charge is 2.26. The molecule has 0 aromatic carbocycles. The van der Waals surface area contributed by atoms with Crippen LogP contribution >= 0.6 is 12.2 Å². The molecular formula is C10H17F3N2OS. The van der Waals surface area contributed by atoms with Crippen molar-refractivity contribution in [2.24, 2.45) is 11.7 Å². The number of hydrogen-bond acceptors (Lipinski definition) is 2. The van der Waals surface area contributed by atoms with Crippen molar-refractivity contribution in [1.82, 2.24) is 5.32 Å². The molecule has 3 N–H and O–H groups in total. The summed E-state index contributed by atoms with van der Waals surface area (Å²) in [6, 6.07) is 0. The molecule has 0 radical (unpaired) electrons. The third kappa shape index (κ3) is 7.95. The normalized spacial score (nSPS) is 13.2. The van der Waals surface area contributed by atoms with Crippen molar-refractivity contribution in [2.75, 3.05) is 6.54 Å². The maximum Gasteiger partial charge on any atom is 0.389 e. The number of carbonyl (C=O) groups is 1. The molecule has 0 spiro atoms. The Kier molecular flexibility index (Phi) is 7.10. The fraction of sp³-hybridized carbons (Fsp3) is 0.800. The van der Waals surface area contributed by atoms with Gasteiger partial charge in [0.2, 0.25) is 5.91 Å². The number of alkyl halides is 3. The van der Waals surface area contributed by atoms with Gasteiger partial charge in [-0.1, -0.05) is 25.6 Å². The number of carbonyl (C=O) groups excluding carboxylic acids is 1. The first kappa shape index (κ1) is 16.1. The van der Waals surface area contributed by atoms with E-state index in [0.29, 0.717) is 6.42 Å². The average Bonchev–Trinajstić information content (AvgIpc) is 2.18. The molecule has 0 heterocycles. The van der Waals surface area contributed by atoms with Crippen LogP contribution in [0.15, 0.2) is 0 Å². The van der Waals surface area contributed by atoms with Gasteiger partial charge in [0.25, 0.3) is 0 Å². The summed E-state index contributed by atoms with van der Waals surface area (Å²) in [5, 5.41) is 2.42. The first-order chi connectivity index (χ1) is 7.78. The SMILES string of the molecule is CCCC(C(=O)NCCCC(F)(F)F)C(N)=S. The maximum absolute atomic E-state index is 11.8. The second-order valence-corrected chi connectivity index (χ2v) is 4.22. The average molecular weight is 270 g/mol. The summed E-state index contributed by atoms with van der Waals surface area (Å²) in [5.74, 6) is -0.970. The molecule has 1 amide bonds. The molecule has 100 valence electrons. The lowest BCUT2D eigenvalue weighted by Crippen LogP contribution is -2.38. The fourth-order valence-corrected chi connectivity index (χ4v) is 1.54. The summed E-state index contributed by atoms with van der Waals surface area (Å²) >= 11 is 4.73. The first-order valence-corrected chi connectivity index (χ1v) is 5.82. The number of amides is 1. The van der Waals surface area contributed by atoms with Crippen LogP contribution in [0.1, 0.15) is 32.6 Å². The monoisotopic (exact) mass is 270 g/mol. The Morgan fingerprint density at radius 2 is 2.06 bits per heavy atom. The Bertz CT molecular complexity index is 269. The van der Waals surface area contributed by atoms with Crippen LogP contribution in [-0.2, 0) is 4.79 Å². The van der Waals surface area contributed by atoms with Gasteiger partial charge < -0.3 is 11.1 Å². The molecule has 0 rings (SSSR count). The Labute approximate surface area is 104 Å². The Hall–Kier alpha value is -0.850. The van der Waals surface area contributed by atoms with Crippen molar-refractivity contribution < 1.29 is 18.0 Å².